The number of rotatable bonds is 13. The molecule has 0 aliphatic rings. The molecule has 0 radical (unpaired) electrons. The number of nitrogens with zero attached hydrogens (tertiary/aromatic N) is 1. The van der Waals surface area contributed by atoms with Gasteiger partial charge in [0.2, 0.25) is 0 Å². The molecule has 10 heteroatoms. The molecule has 1 amide bonds. The quantitative estimate of drug-likeness (QED) is 0.123. The molecule has 44 heavy (non-hydrogen) atoms. The predicted molar refractivity (Wildman–Crippen MR) is 164 cm³/mol. The van der Waals surface area contributed by atoms with Gasteiger partial charge in [-0.25, -0.2) is 0 Å². The number of carbonyl (C=O) groups is 2. The van der Waals surface area contributed by atoms with Gasteiger partial charge in [0.15, 0.2) is 0 Å². The molecular weight excluding hydrogens is 573 g/mol. The van der Waals surface area contributed by atoms with E-state index in [1.165, 1.54) is 25.5 Å². The summed E-state index contributed by atoms with van der Waals surface area (Å²) in [5.74, 6) is 0.189. The summed E-state index contributed by atoms with van der Waals surface area (Å²) >= 11 is 0. The molecule has 3 rings (SSSR count). The molecule has 0 spiro atoms. The zero-order valence-electron chi connectivity index (χ0n) is 25.7. The molecule has 236 valence electrons. The average molecular weight is 613 g/mol. The van der Waals surface area contributed by atoms with Gasteiger partial charge in [0.25, 0.3) is 5.91 Å². The molecule has 0 aliphatic carbocycles. The zero-order chi connectivity index (χ0) is 32.3. The van der Waals surface area contributed by atoms with Crippen LogP contribution in [0.1, 0.15) is 67.6 Å². The van der Waals surface area contributed by atoms with Gasteiger partial charge in [0, 0.05) is 17.7 Å². The second-order valence-electron chi connectivity index (χ2n) is 11.5. The lowest BCUT2D eigenvalue weighted by Crippen LogP contribution is -2.26. The Labute approximate surface area is 256 Å². The topological polar surface area (TPSA) is 86.2 Å². The van der Waals surface area contributed by atoms with Crippen molar-refractivity contribution in [3.8, 4) is 16.9 Å². The van der Waals surface area contributed by atoms with E-state index in [2.05, 4.69) is 22.1 Å². The maximum Gasteiger partial charge on any atom is 0.416 e. The van der Waals surface area contributed by atoms with Crippen molar-refractivity contribution in [2.24, 2.45) is 11.1 Å². The summed E-state index contributed by atoms with van der Waals surface area (Å²) in [6.45, 7) is 8.34. The van der Waals surface area contributed by atoms with Gasteiger partial charge in [0.05, 0.1) is 31.9 Å². The molecule has 1 N–H and O–H groups in total. The van der Waals surface area contributed by atoms with Crippen molar-refractivity contribution in [2.45, 2.75) is 58.7 Å². The molecule has 1 atom stereocenters. The van der Waals surface area contributed by atoms with E-state index in [9.17, 15) is 22.8 Å². The third-order valence-electron chi connectivity index (χ3n) is 6.58. The van der Waals surface area contributed by atoms with Crippen LogP contribution in [-0.4, -0.2) is 44.0 Å². The minimum absolute atomic E-state index is 0.115. The maximum atomic E-state index is 13.1. The lowest BCUT2D eigenvalue weighted by Gasteiger charge is -2.16. The number of amides is 1. The van der Waals surface area contributed by atoms with Crippen LogP contribution in [0.4, 0.5) is 13.2 Å². The molecule has 0 aromatic heterocycles. The summed E-state index contributed by atoms with van der Waals surface area (Å²) < 4.78 is 49.8. The standard InChI is InChI=1S/C34H39F3N2O5/c1-23(6-7-24-8-10-26(11-9-24)32(41)38-19-18-31(40)42-5)22-43-29-16-17-30(27(20-29)21-39-44-33(2,3)4)25-12-14-28(15-13-25)34(35,36)37/h8-17,20-21,23H,6-7,18-19,22H2,1-5H3,(H,38,41). The second kappa shape index (κ2) is 15.4. The highest BCUT2D eigenvalue weighted by Crippen LogP contribution is 2.33. The van der Waals surface area contributed by atoms with Crippen LogP contribution in [0.5, 0.6) is 5.75 Å². The maximum absolute atomic E-state index is 13.1. The fourth-order valence-corrected chi connectivity index (χ4v) is 4.12. The molecular formula is C34H39F3N2O5. The SMILES string of the molecule is COC(=O)CCNC(=O)c1ccc(CCC(C)COc2ccc(-c3ccc(C(F)(F)F)cc3)c(C=NOC(C)(C)C)c2)cc1. The number of oxime groups is 1. The zero-order valence-corrected chi connectivity index (χ0v) is 25.7. The second-order valence-corrected chi connectivity index (χ2v) is 11.5. The molecule has 0 saturated heterocycles. The summed E-state index contributed by atoms with van der Waals surface area (Å²) in [4.78, 5) is 28.9. The molecule has 1 unspecified atom stereocenters. The Morgan fingerprint density at radius 2 is 1.66 bits per heavy atom. The van der Waals surface area contributed by atoms with Crippen LogP contribution in [0.3, 0.4) is 0 Å². The van der Waals surface area contributed by atoms with Crippen molar-refractivity contribution in [3.63, 3.8) is 0 Å². The molecule has 3 aromatic rings. The number of methoxy groups -OCH3 is 1. The summed E-state index contributed by atoms with van der Waals surface area (Å²) in [6, 6.07) is 17.7. The van der Waals surface area contributed by atoms with Crippen LogP contribution in [0.25, 0.3) is 11.1 Å². The Balaban J connectivity index is 1.60. The highest BCUT2D eigenvalue weighted by molar-refractivity contribution is 5.94. The molecule has 0 saturated carbocycles. The first-order chi connectivity index (χ1) is 20.7. The Kier molecular flexibility index (Phi) is 12.0. The van der Waals surface area contributed by atoms with Crippen LogP contribution >= 0.6 is 0 Å². The van der Waals surface area contributed by atoms with Gasteiger partial charge in [0.1, 0.15) is 11.4 Å². The number of esters is 1. The Hall–Kier alpha value is -4.34. The van der Waals surface area contributed by atoms with Crippen LogP contribution < -0.4 is 10.1 Å². The fraction of sp³-hybridized carbons (Fsp3) is 0.382. The number of carbonyl (C=O) groups excluding carboxylic acids is 2. The lowest BCUT2D eigenvalue weighted by molar-refractivity contribution is -0.140. The first-order valence-electron chi connectivity index (χ1n) is 14.3. The molecule has 0 heterocycles. The lowest BCUT2D eigenvalue weighted by atomic mass is 9.98. The van der Waals surface area contributed by atoms with E-state index < -0.39 is 17.3 Å². The summed E-state index contributed by atoms with van der Waals surface area (Å²) in [5, 5.41) is 6.79. The predicted octanol–water partition coefficient (Wildman–Crippen LogP) is 7.46. The highest BCUT2D eigenvalue weighted by Gasteiger charge is 2.30. The van der Waals surface area contributed by atoms with E-state index in [4.69, 9.17) is 9.57 Å². The van der Waals surface area contributed by atoms with E-state index in [0.29, 0.717) is 34.6 Å². The van der Waals surface area contributed by atoms with Crippen LogP contribution in [0.15, 0.2) is 71.9 Å². The van der Waals surface area contributed by atoms with Crippen molar-refractivity contribution in [2.75, 3.05) is 20.3 Å². The average Bonchev–Trinajstić information content (AvgIpc) is 2.98. The molecule has 0 fully saturated rings. The Morgan fingerprint density at radius 1 is 0.977 bits per heavy atom. The minimum atomic E-state index is -4.41. The van der Waals surface area contributed by atoms with E-state index in [0.717, 1.165) is 30.5 Å². The third kappa shape index (κ3) is 11.1. The number of benzene rings is 3. The monoisotopic (exact) mass is 612 g/mol. The van der Waals surface area contributed by atoms with Gasteiger partial charge in [-0.05, 0) is 92.6 Å². The van der Waals surface area contributed by atoms with Crippen molar-refractivity contribution in [3.05, 3.63) is 89.0 Å². The molecule has 0 bridgehead atoms. The number of halogens is 3. The summed E-state index contributed by atoms with van der Waals surface area (Å²) in [6.07, 6.45) is -1.11. The van der Waals surface area contributed by atoms with Gasteiger partial charge < -0.3 is 19.6 Å². The summed E-state index contributed by atoms with van der Waals surface area (Å²) in [7, 11) is 1.30. The molecule has 3 aromatic carbocycles. The van der Waals surface area contributed by atoms with Crippen molar-refractivity contribution < 1.29 is 37.1 Å². The van der Waals surface area contributed by atoms with Gasteiger partial charge in [-0.3, -0.25) is 9.59 Å². The van der Waals surface area contributed by atoms with Gasteiger partial charge >= 0.3 is 12.1 Å². The van der Waals surface area contributed by atoms with Crippen molar-refractivity contribution in [1.82, 2.24) is 5.32 Å². The van der Waals surface area contributed by atoms with Gasteiger partial charge in [-0.2, -0.15) is 13.2 Å². The minimum Gasteiger partial charge on any atom is -0.493 e. The molecule has 7 nitrogen and oxygen atoms in total. The van der Waals surface area contributed by atoms with Gasteiger partial charge in [-0.1, -0.05) is 42.4 Å². The fourth-order valence-electron chi connectivity index (χ4n) is 4.12. The van der Waals surface area contributed by atoms with Crippen LogP contribution in [0, 0.1) is 5.92 Å². The number of hydrogen-bond donors (Lipinski definition) is 1. The van der Waals surface area contributed by atoms with E-state index >= 15 is 0 Å². The Morgan fingerprint density at radius 3 is 2.27 bits per heavy atom. The van der Waals surface area contributed by atoms with Crippen LogP contribution in [0.2, 0.25) is 0 Å². The smallest absolute Gasteiger partial charge is 0.416 e. The van der Waals surface area contributed by atoms with Crippen molar-refractivity contribution in [1.29, 1.82) is 0 Å². The van der Waals surface area contributed by atoms with E-state index in [1.807, 2.05) is 32.9 Å². The number of aryl methyl sites for hydroxylation is 1. The van der Waals surface area contributed by atoms with Crippen molar-refractivity contribution >= 4 is 18.1 Å². The number of ether oxygens (including phenoxy) is 2. The highest BCUT2D eigenvalue weighted by atomic mass is 19.4. The Bertz CT molecular complexity index is 1410. The number of nitrogens with one attached hydrogen (secondary N) is 1. The van der Waals surface area contributed by atoms with E-state index in [1.54, 1.807) is 30.3 Å². The number of hydrogen-bond acceptors (Lipinski definition) is 6. The number of alkyl halides is 3. The first-order valence-corrected chi connectivity index (χ1v) is 14.3. The first kappa shape index (κ1) is 34.2. The van der Waals surface area contributed by atoms with Crippen LogP contribution in [-0.2, 0) is 27.0 Å². The third-order valence-corrected chi connectivity index (χ3v) is 6.58. The van der Waals surface area contributed by atoms with Gasteiger partial charge in [-0.15, -0.1) is 0 Å². The normalized spacial score (nSPS) is 12.5. The molecule has 0 aliphatic heterocycles. The van der Waals surface area contributed by atoms with E-state index in [-0.39, 0.29) is 30.8 Å². The largest absolute Gasteiger partial charge is 0.493 e. The summed E-state index contributed by atoms with van der Waals surface area (Å²) in [5.41, 5.74) is 2.33.